The first-order valence-corrected chi connectivity index (χ1v) is 22.9. The van der Waals surface area contributed by atoms with Gasteiger partial charge in [-0.25, -0.2) is 0 Å². The molecule has 5 rings (SSSR count). The van der Waals surface area contributed by atoms with Crippen LogP contribution in [0.15, 0.2) is 139 Å². The molecule has 334 valence electrons. The fourth-order valence-corrected chi connectivity index (χ4v) is 7.63. The minimum atomic E-state index is -1.05. The lowest BCUT2D eigenvalue weighted by molar-refractivity contribution is -0.329. The number of ether oxygens (including phenoxy) is 6. The van der Waals surface area contributed by atoms with Crippen molar-refractivity contribution in [3.63, 3.8) is 0 Å². The van der Waals surface area contributed by atoms with Gasteiger partial charge in [-0.3, -0.25) is 0 Å². The van der Waals surface area contributed by atoms with E-state index in [0.717, 1.165) is 41.5 Å². The molecule has 0 spiro atoms. The summed E-state index contributed by atoms with van der Waals surface area (Å²) in [6.45, 7) is 3.53. The Balaban J connectivity index is 1.30. The van der Waals surface area contributed by atoms with Crippen LogP contribution in [-0.2, 0) is 54.8 Å². The molecule has 1 heterocycles. The molecule has 4 aromatic rings. The second-order valence-corrected chi connectivity index (χ2v) is 16.2. The largest absolute Gasteiger partial charge is 0.389 e. The van der Waals surface area contributed by atoms with Crippen LogP contribution in [0, 0.1) is 0 Å². The quantitative estimate of drug-likeness (QED) is 0.0176. The van der Waals surface area contributed by atoms with Gasteiger partial charge in [0.25, 0.3) is 0 Å². The lowest BCUT2D eigenvalue weighted by Gasteiger charge is -2.46. The lowest BCUT2D eigenvalue weighted by atomic mass is 9.97. The van der Waals surface area contributed by atoms with Gasteiger partial charge in [0.05, 0.1) is 51.8 Å². The van der Waals surface area contributed by atoms with Crippen molar-refractivity contribution in [3.8, 4) is 0 Å². The molecular weight excluding hydrogens is 779 g/mol. The minimum Gasteiger partial charge on any atom is -0.389 e. The maximum atomic E-state index is 11.3. The third kappa shape index (κ3) is 18.2. The van der Waals surface area contributed by atoms with E-state index in [2.05, 4.69) is 16.9 Å². The zero-order chi connectivity index (χ0) is 43.3. The molecule has 1 fully saturated rings. The smallest absolute Gasteiger partial charge is 0.186 e. The molecule has 0 amide bonds. The molecule has 62 heavy (non-hydrogen) atoms. The fourth-order valence-electron chi connectivity index (χ4n) is 7.63. The van der Waals surface area contributed by atoms with Crippen molar-refractivity contribution < 1.29 is 33.5 Å². The van der Waals surface area contributed by atoms with Crippen LogP contribution in [0.5, 0.6) is 0 Å². The van der Waals surface area contributed by atoms with Gasteiger partial charge in [0.2, 0.25) is 0 Å². The number of unbranched alkanes of at least 4 members (excludes halogenated alkanes) is 11. The molecule has 0 radical (unpaired) electrons. The second-order valence-electron chi connectivity index (χ2n) is 16.2. The summed E-state index contributed by atoms with van der Waals surface area (Å²) >= 11 is 0. The normalized spacial score (nSPS) is 19.9. The van der Waals surface area contributed by atoms with E-state index in [1.165, 1.54) is 57.8 Å². The highest BCUT2D eigenvalue weighted by Gasteiger charge is 2.49. The van der Waals surface area contributed by atoms with Crippen LogP contribution in [-0.4, -0.2) is 61.2 Å². The van der Waals surface area contributed by atoms with Gasteiger partial charge in [0, 0.05) is 4.91 Å². The number of azide groups is 1. The highest BCUT2D eigenvalue weighted by Crippen LogP contribution is 2.32. The average molecular weight is 848 g/mol. The van der Waals surface area contributed by atoms with Crippen molar-refractivity contribution in [1.29, 1.82) is 0 Å². The first-order chi connectivity index (χ1) is 30.6. The molecule has 0 saturated carbocycles. The van der Waals surface area contributed by atoms with Crippen molar-refractivity contribution in [2.75, 3.05) is 13.2 Å². The van der Waals surface area contributed by atoms with Crippen molar-refractivity contribution in [1.82, 2.24) is 0 Å². The highest BCUT2D eigenvalue weighted by molar-refractivity contribution is 5.16. The van der Waals surface area contributed by atoms with E-state index in [0.29, 0.717) is 13.2 Å². The molecule has 0 bridgehead atoms. The van der Waals surface area contributed by atoms with Gasteiger partial charge in [-0.2, -0.15) is 0 Å². The molecule has 0 unspecified atom stereocenters. The van der Waals surface area contributed by atoms with E-state index in [-0.39, 0.29) is 26.4 Å². The summed E-state index contributed by atoms with van der Waals surface area (Å²) in [5, 5.41) is 15.2. The monoisotopic (exact) mass is 848 g/mol. The van der Waals surface area contributed by atoms with E-state index in [1.54, 1.807) is 6.08 Å². The van der Waals surface area contributed by atoms with Crippen LogP contribution in [0.1, 0.15) is 106 Å². The fraction of sp³-hybridized carbons (Fsp3) is 0.500. The Morgan fingerprint density at radius 3 is 1.55 bits per heavy atom. The van der Waals surface area contributed by atoms with Gasteiger partial charge in [0.15, 0.2) is 6.29 Å². The van der Waals surface area contributed by atoms with Crippen LogP contribution < -0.4 is 0 Å². The maximum Gasteiger partial charge on any atom is 0.186 e. The van der Waals surface area contributed by atoms with Crippen LogP contribution in [0.3, 0.4) is 0 Å². The van der Waals surface area contributed by atoms with Crippen LogP contribution in [0.2, 0.25) is 0 Å². The summed E-state index contributed by atoms with van der Waals surface area (Å²) in [6, 6.07) is 38.9. The summed E-state index contributed by atoms with van der Waals surface area (Å²) < 4.78 is 39.9. The number of aliphatic hydroxyl groups excluding tert-OH is 1. The van der Waals surface area contributed by atoms with Crippen molar-refractivity contribution in [2.45, 2.75) is 153 Å². The van der Waals surface area contributed by atoms with Gasteiger partial charge in [-0.1, -0.05) is 210 Å². The molecule has 4 aromatic carbocycles. The van der Waals surface area contributed by atoms with Crippen molar-refractivity contribution in [2.24, 2.45) is 5.11 Å². The number of hydrogen-bond donors (Lipinski definition) is 1. The molecule has 1 aliphatic heterocycles. The van der Waals surface area contributed by atoms with E-state index in [9.17, 15) is 10.6 Å². The topological polar surface area (TPSA) is 124 Å². The van der Waals surface area contributed by atoms with Gasteiger partial charge in [-0.05, 0) is 40.6 Å². The molecule has 10 nitrogen and oxygen atoms in total. The van der Waals surface area contributed by atoms with Crippen LogP contribution in [0.25, 0.3) is 10.4 Å². The summed E-state index contributed by atoms with van der Waals surface area (Å²) in [5.41, 5.74) is 13.6. The summed E-state index contributed by atoms with van der Waals surface area (Å²) in [4.78, 5) is 3.07. The molecule has 7 atom stereocenters. The van der Waals surface area contributed by atoms with Crippen LogP contribution in [0.4, 0.5) is 0 Å². The summed E-state index contributed by atoms with van der Waals surface area (Å²) in [6.07, 6.45) is 13.8. The highest BCUT2D eigenvalue weighted by atomic mass is 16.7. The van der Waals surface area contributed by atoms with Crippen molar-refractivity contribution in [3.05, 3.63) is 166 Å². The predicted octanol–water partition coefficient (Wildman–Crippen LogP) is 12.0. The number of rotatable bonds is 31. The van der Waals surface area contributed by atoms with E-state index in [4.69, 9.17) is 28.4 Å². The first kappa shape index (κ1) is 48.7. The molecule has 0 aliphatic carbocycles. The summed E-state index contributed by atoms with van der Waals surface area (Å²) in [7, 11) is 0. The number of hydrogen-bond acceptors (Lipinski definition) is 8. The molecule has 1 saturated heterocycles. The maximum absolute atomic E-state index is 11.3. The number of nitrogens with zero attached hydrogens (tertiary/aromatic N) is 3. The molecule has 1 aliphatic rings. The lowest BCUT2D eigenvalue weighted by Crippen LogP contribution is -2.62. The number of allylic oxidation sites excluding steroid dienone is 1. The molecule has 10 heteroatoms. The Morgan fingerprint density at radius 1 is 0.597 bits per heavy atom. The SMILES string of the molecule is CCCCCCCCCCCCC/C=C/[C@@H](O)[C@H](CO[C@H]1O[C@H](COCc2ccccc2)[C@H](OCc2ccccc2)[C@H](OCc2ccccc2)[C@H]1OCc1ccccc1)N=[N+]=[N-]. The summed E-state index contributed by atoms with van der Waals surface area (Å²) in [5.74, 6) is 0. The predicted molar refractivity (Wildman–Crippen MR) is 245 cm³/mol. The third-order valence-electron chi connectivity index (χ3n) is 11.2. The van der Waals surface area contributed by atoms with E-state index >= 15 is 0 Å². The van der Waals surface area contributed by atoms with E-state index < -0.39 is 42.9 Å². The second kappa shape index (κ2) is 29.9. The molecule has 0 aromatic heterocycles. The Kier molecular flexibility index (Phi) is 23.4. The standard InChI is InChI=1S/C52H69N3O7/c1-2-3-4-5-6-7-8-9-10-11-12-13-26-35-47(56)46(54-55-53)40-61-52-51(60-39-45-33-24-17-25-34-45)50(59-38-44-31-22-16-23-32-44)49(58-37-43-29-20-15-21-30-43)48(62-52)41-57-36-42-27-18-14-19-28-42/h14-35,46-52,56H,2-13,36-41H2,1H3/b35-26+/t46-,47+,48+,49-,50-,51+,52-/m0/s1. The number of benzene rings is 4. The Bertz CT molecular complexity index is 1800. The first-order valence-electron chi connectivity index (χ1n) is 22.9. The Morgan fingerprint density at radius 2 is 1.05 bits per heavy atom. The van der Waals surface area contributed by atoms with Crippen molar-refractivity contribution >= 4 is 0 Å². The minimum absolute atomic E-state index is 0.123. The Hall–Kier alpha value is -4.35. The molecule has 1 N–H and O–H groups in total. The van der Waals surface area contributed by atoms with Gasteiger partial charge < -0.3 is 33.5 Å². The third-order valence-corrected chi connectivity index (χ3v) is 11.2. The Labute approximate surface area is 370 Å². The average Bonchev–Trinajstić information content (AvgIpc) is 3.31. The van der Waals surface area contributed by atoms with E-state index in [1.807, 2.05) is 127 Å². The van der Waals surface area contributed by atoms with Gasteiger partial charge in [0.1, 0.15) is 24.4 Å². The van der Waals surface area contributed by atoms with Gasteiger partial charge >= 0.3 is 0 Å². The van der Waals surface area contributed by atoms with Crippen LogP contribution >= 0.6 is 0 Å². The van der Waals surface area contributed by atoms with Gasteiger partial charge in [-0.15, -0.1) is 0 Å². The zero-order valence-electron chi connectivity index (χ0n) is 36.7. The molecular formula is C52H69N3O7. The number of aliphatic hydroxyl groups is 1. The zero-order valence-corrected chi connectivity index (χ0v) is 36.7.